The molecule has 0 fully saturated rings. The van der Waals surface area contributed by atoms with E-state index in [0.717, 1.165) is 0 Å². The first-order valence-corrected chi connectivity index (χ1v) is 8.11. The van der Waals surface area contributed by atoms with Crippen molar-refractivity contribution < 1.29 is 9.18 Å². The summed E-state index contributed by atoms with van der Waals surface area (Å²) in [5.74, 6) is -0.910. The molecule has 2 rings (SSSR count). The second kappa shape index (κ2) is 9.07. The predicted octanol–water partition coefficient (Wildman–Crippen LogP) is 4.31. The summed E-state index contributed by atoms with van der Waals surface area (Å²) in [5, 5.41) is 15.0. The Kier molecular flexibility index (Phi) is 6.81. The fraction of sp³-hybridized carbons (Fsp3) is 0.111. The van der Waals surface area contributed by atoms with Crippen LogP contribution in [0.5, 0.6) is 0 Å². The van der Waals surface area contributed by atoms with E-state index in [2.05, 4.69) is 10.6 Å². The van der Waals surface area contributed by atoms with E-state index in [1.807, 2.05) is 0 Å². The summed E-state index contributed by atoms with van der Waals surface area (Å²) in [5.41, 5.74) is 0.730. The molecule has 0 radical (unpaired) electrons. The maximum absolute atomic E-state index is 13.5. The lowest BCUT2D eigenvalue weighted by Crippen LogP contribution is -2.18. The average molecular weight is 378 g/mol. The zero-order valence-electron chi connectivity index (χ0n) is 13.0. The van der Waals surface area contributed by atoms with E-state index < -0.39 is 5.91 Å². The van der Waals surface area contributed by atoms with Crippen LogP contribution in [0.15, 0.2) is 54.2 Å². The smallest absolute Gasteiger partial charge is 0.267 e. The summed E-state index contributed by atoms with van der Waals surface area (Å²) in [6, 6.07) is 13.0. The Hall–Kier alpha value is -2.55. The third kappa shape index (κ3) is 5.21. The Balaban J connectivity index is 1.95. The number of halogens is 3. The molecule has 7 heteroatoms. The SMILES string of the molecule is N#C/C(=C/NCCc1ccccc1F)C(=O)Nc1cccc(Cl)c1Cl. The number of amides is 1. The summed E-state index contributed by atoms with van der Waals surface area (Å²) >= 11 is 11.9. The van der Waals surface area contributed by atoms with Gasteiger partial charge in [0, 0.05) is 12.7 Å². The highest BCUT2D eigenvalue weighted by Crippen LogP contribution is 2.29. The normalized spacial score (nSPS) is 10.9. The molecule has 2 N–H and O–H groups in total. The van der Waals surface area contributed by atoms with Crippen LogP contribution in [-0.2, 0) is 11.2 Å². The van der Waals surface area contributed by atoms with Crippen LogP contribution >= 0.6 is 23.2 Å². The van der Waals surface area contributed by atoms with Crippen molar-refractivity contribution in [2.75, 3.05) is 11.9 Å². The van der Waals surface area contributed by atoms with Crippen molar-refractivity contribution >= 4 is 34.8 Å². The zero-order chi connectivity index (χ0) is 18.2. The van der Waals surface area contributed by atoms with Gasteiger partial charge in [0.15, 0.2) is 0 Å². The first-order chi connectivity index (χ1) is 12.0. The number of hydrogen-bond acceptors (Lipinski definition) is 3. The molecular weight excluding hydrogens is 364 g/mol. The summed E-state index contributed by atoms with van der Waals surface area (Å²) in [7, 11) is 0. The van der Waals surface area contributed by atoms with Gasteiger partial charge in [-0.05, 0) is 30.2 Å². The minimum absolute atomic E-state index is 0.135. The van der Waals surface area contributed by atoms with Crippen molar-refractivity contribution in [3.05, 3.63) is 75.7 Å². The maximum atomic E-state index is 13.5. The van der Waals surface area contributed by atoms with Crippen molar-refractivity contribution in [3.8, 4) is 6.07 Å². The zero-order valence-corrected chi connectivity index (χ0v) is 14.5. The van der Waals surface area contributed by atoms with Gasteiger partial charge in [0.1, 0.15) is 17.5 Å². The highest BCUT2D eigenvalue weighted by Gasteiger charge is 2.12. The summed E-state index contributed by atoms with van der Waals surface area (Å²) in [6.07, 6.45) is 1.71. The predicted molar refractivity (Wildman–Crippen MR) is 96.9 cm³/mol. The number of carbonyl (C=O) groups is 1. The van der Waals surface area contributed by atoms with Gasteiger partial charge in [0.25, 0.3) is 5.91 Å². The molecule has 4 nitrogen and oxygen atoms in total. The number of carbonyl (C=O) groups excluding carboxylic acids is 1. The molecule has 0 aromatic heterocycles. The number of anilines is 1. The highest BCUT2D eigenvalue weighted by atomic mass is 35.5. The lowest BCUT2D eigenvalue weighted by atomic mass is 10.1. The molecule has 0 bridgehead atoms. The first-order valence-electron chi connectivity index (χ1n) is 7.35. The van der Waals surface area contributed by atoms with Gasteiger partial charge >= 0.3 is 0 Å². The topological polar surface area (TPSA) is 64.9 Å². The summed E-state index contributed by atoms with van der Waals surface area (Å²) in [6.45, 7) is 0.372. The molecular formula is C18H14Cl2FN3O. The van der Waals surface area contributed by atoms with Gasteiger partial charge in [0.05, 0.1) is 15.7 Å². The Morgan fingerprint density at radius 3 is 2.68 bits per heavy atom. The second-order valence-electron chi connectivity index (χ2n) is 5.02. The largest absolute Gasteiger partial charge is 0.389 e. The van der Waals surface area contributed by atoms with E-state index in [9.17, 15) is 9.18 Å². The fourth-order valence-electron chi connectivity index (χ4n) is 2.02. The van der Waals surface area contributed by atoms with E-state index >= 15 is 0 Å². The quantitative estimate of drug-likeness (QED) is 0.447. The molecule has 0 aliphatic carbocycles. The Labute approximate surface area is 154 Å². The Bertz CT molecular complexity index is 846. The van der Waals surface area contributed by atoms with Gasteiger partial charge in [-0.3, -0.25) is 4.79 Å². The van der Waals surface area contributed by atoms with Gasteiger partial charge in [-0.2, -0.15) is 5.26 Å². The fourth-order valence-corrected chi connectivity index (χ4v) is 2.37. The van der Waals surface area contributed by atoms with Crippen LogP contribution in [-0.4, -0.2) is 12.5 Å². The lowest BCUT2D eigenvalue weighted by Gasteiger charge is -2.08. The first kappa shape index (κ1) is 18.8. The number of nitrogens with one attached hydrogen (secondary N) is 2. The molecule has 25 heavy (non-hydrogen) atoms. The summed E-state index contributed by atoms with van der Waals surface area (Å²) < 4.78 is 13.5. The van der Waals surface area contributed by atoms with Crippen molar-refractivity contribution in [3.63, 3.8) is 0 Å². The molecule has 2 aromatic carbocycles. The van der Waals surface area contributed by atoms with Gasteiger partial charge in [-0.25, -0.2) is 4.39 Å². The van der Waals surface area contributed by atoms with Crippen LogP contribution in [0.2, 0.25) is 10.0 Å². The third-order valence-electron chi connectivity index (χ3n) is 3.31. The second-order valence-corrected chi connectivity index (χ2v) is 5.81. The minimum atomic E-state index is -0.620. The number of nitrogens with zero attached hydrogens (tertiary/aromatic N) is 1. The summed E-state index contributed by atoms with van der Waals surface area (Å²) in [4.78, 5) is 12.1. The molecule has 0 unspecified atom stereocenters. The van der Waals surface area contributed by atoms with Gasteiger partial charge in [-0.15, -0.1) is 0 Å². The number of nitriles is 1. The lowest BCUT2D eigenvalue weighted by molar-refractivity contribution is -0.112. The monoisotopic (exact) mass is 377 g/mol. The van der Waals surface area contributed by atoms with E-state index in [0.29, 0.717) is 29.2 Å². The Morgan fingerprint density at radius 2 is 1.96 bits per heavy atom. The van der Waals surface area contributed by atoms with Crippen molar-refractivity contribution in [1.29, 1.82) is 5.26 Å². The molecule has 0 saturated carbocycles. The number of benzene rings is 2. The van der Waals surface area contributed by atoms with Gasteiger partial charge in [-0.1, -0.05) is 47.5 Å². The van der Waals surface area contributed by atoms with Crippen molar-refractivity contribution in [2.24, 2.45) is 0 Å². The minimum Gasteiger partial charge on any atom is -0.389 e. The third-order valence-corrected chi connectivity index (χ3v) is 4.13. The molecule has 1 amide bonds. The van der Waals surface area contributed by atoms with Gasteiger partial charge < -0.3 is 10.6 Å². The maximum Gasteiger partial charge on any atom is 0.267 e. The highest BCUT2D eigenvalue weighted by molar-refractivity contribution is 6.44. The van der Waals surface area contributed by atoms with E-state index in [-0.39, 0.29) is 16.4 Å². The van der Waals surface area contributed by atoms with Crippen molar-refractivity contribution in [1.82, 2.24) is 5.32 Å². The number of rotatable bonds is 6. The van der Waals surface area contributed by atoms with E-state index in [1.54, 1.807) is 42.5 Å². The van der Waals surface area contributed by atoms with Gasteiger partial charge in [0.2, 0.25) is 0 Å². The molecule has 128 valence electrons. The molecule has 2 aromatic rings. The molecule has 0 atom stereocenters. The standard InChI is InChI=1S/C18H14Cl2FN3O/c19-14-5-3-7-16(17(14)20)24-18(25)13(10-22)11-23-9-8-12-4-1-2-6-15(12)21/h1-7,11,23H,8-9H2,(H,24,25)/b13-11-. The molecule has 0 aliphatic heterocycles. The van der Waals surface area contributed by atoms with Crippen LogP contribution in [0.1, 0.15) is 5.56 Å². The van der Waals surface area contributed by atoms with E-state index in [1.165, 1.54) is 12.3 Å². The molecule has 0 heterocycles. The van der Waals surface area contributed by atoms with E-state index in [4.69, 9.17) is 28.5 Å². The van der Waals surface area contributed by atoms with Crippen LogP contribution in [0.25, 0.3) is 0 Å². The Morgan fingerprint density at radius 1 is 1.20 bits per heavy atom. The van der Waals surface area contributed by atoms with Crippen LogP contribution in [0.3, 0.4) is 0 Å². The van der Waals surface area contributed by atoms with Crippen molar-refractivity contribution in [2.45, 2.75) is 6.42 Å². The average Bonchev–Trinajstić information content (AvgIpc) is 2.60. The van der Waals surface area contributed by atoms with Crippen LogP contribution < -0.4 is 10.6 Å². The van der Waals surface area contributed by atoms with Crippen LogP contribution in [0, 0.1) is 17.1 Å². The molecule has 0 aliphatic rings. The van der Waals surface area contributed by atoms with Crippen LogP contribution in [0.4, 0.5) is 10.1 Å². The number of hydrogen-bond donors (Lipinski definition) is 2. The molecule has 0 spiro atoms. The molecule has 0 saturated heterocycles.